The molecule has 0 unspecified atom stereocenters. The second-order valence-electron chi connectivity index (χ2n) is 5.03. The van der Waals surface area contributed by atoms with Gasteiger partial charge in [-0.2, -0.15) is 0 Å². The minimum Gasteiger partial charge on any atom is -0.255 e. The maximum Gasteiger partial charge on any atom is 0.113 e. The minimum atomic E-state index is 0.799. The van der Waals surface area contributed by atoms with Crippen LogP contribution in [0.3, 0.4) is 0 Å². The van der Waals surface area contributed by atoms with E-state index in [0.29, 0.717) is 0 Å². The normalized spacial score (nSPS) is 10.6. The van der Waals surface area contributed by atoms with Gasteiger partial charge in [-0.3, -0.25) is 9.97 Å². The molecule has 5 nitrogen and oxygen atoms in total. The SMILES string of the molecule is c1ccc(-n2cc(-c3ccnc(-c4ccccn4)c3)nn2)cc1. The molecule has 0 amide bonds. The highest BCUT2D eigenvalue weighted by molar-refractivity contribution is 5.65. The molecule has 4 aromatic rings. The number of pyridine rings is 2. The highest BCUT2D eigenvalue weighted by atomic mass is 15.4. The van der Waals surface area contributed by atoms with E-state index in [-0.39, 0.29) is 0 Å². The van der Waals surface area contributed by atoms with Gasteiger partial charge in [0.15, 0.2) is 0 Å². The smallest absolute Gasteiger partial charge is 0.113 e. The van der Waals surface area contributed by atoms with E-state index < -0.39 is 0 Å². The highest BCUT2D eigenvalue weighted by Gasteiger charge is 2.08. The topological polar surface area (TPSA) is 56.5 Å². The van der Waals surface area contributed by atoms with Crippen LogP contribution in [0.5, 0.6) is 0 Å². The molecule has 0 fully saturated rings. The fraction of sp³-hybridized carbons (Fsp3) is 0. The van der Waals surface area contributed by atoms with E-state index in [1.807, 2.05) is 66.9 Å². The molecule has 5 heteroatoms. The van der Waals surface area contributed by atoms with Gasteiger partial charge < -0.3 is 0 Å². The quantitative estimate of drug-likeness (QED) is 0.582. The van der Waals surface area contributed by atoms with Crippen molar-refractivity contribution >= 4 is 0 Å². The number of rotatable bonds is 3. The molecule has 0 bridgehead atoms. The summed E-state index contributed by atoms with van der Waals surface area (Å²) < 4.78 is 1.76. The molecule has 0 aliphatic carbocycles. The minimum absolute atomic E-state index is 0.799. The zero-order valence-corrected chi connectivity index (χ0v) is 12.2. The zero-order chi connectivity index (χ0) is 15.5. The molecule has 0 radical (unpaired) electrons. The molecular weight excluding hydrogens is 286 g/mol. The van der Waals surface area contributed by atoms with Crippen molar-refractivity contribution in [1.82, 2.24) is 25.0 Å². The Kier molecular flexibility index (Phi) is 3.37. The monoisotopic (exact) mass is 299 g/mol. The Morgan fingerprint density at radius 3 is 2.35 bits per heavy atom. The van der Waals surface area contributed by atoms with Crippen LogP contribution in [-0.2, 0) is 0 Å². The van der Waals surface area contributed by atoms with Crippen molar-refractivity contribution in [3.63, 3.8) is 0 Å². The molecule has 110 valence electrons. The van der Waals surface area contributed by atoms with Crippen molar-refractivity contribution in [2.75, 3.05) is 0 Å². The average Bonchev–Trinajstić information content (AvgIpc) is 3.14. The Balaban J connectivity index is 1.71. The molecule has 4 rings (SSSR count). The van der Waals surface area contributed by atoms with Crippen molar-refractivity contribution < 1.29 is 0 Å². The van der Waals surface area contributed by atoms with Crippen molar-refractivity contribution in [2.24, 2.45) is 0 Å². The van der Waals surface area contributed by atoms with E-state index in [0.717, 1.165) is 28.3 Å². The molecule has 3 aromatic heterocycles. The van der Waals surface area contributed by atoms with Gasteiger partial charge in [-0.05, 0) is 36.4 Å². The van der Waals surface area contributed by atoms with Crippen molar-refractivity contribution in [1.29, 1.82) is 0 Å². The summed E-state index contributed by atoms with van der Waals surface area (Å²) in [7, 11) is 0. The van der Waals surface area contributed by atoms with Gasteiger partial charge in [0.05, 0.1) is 23.3 Å². The maximum atomic E-state index is 4.38. The third-order valence-electron chi connectivity index (χ3n) is 3.50. The largest absolute Gasteiger partial charge is 0.255 e. The van der Waals surface area contributed by atoms with E-state index >= 15 is 0 Å². The lowest BCUT2D eigenvalue weighted by Crippen LogP contribution is -1.93. The van der Waals surface area contributed by atoms with E-state index in [4.69, 9.17) is 0 Å². The van der Waals surface area contributed by atoms with Crippen LogP contribution >= 0.6 is 0 Å². The fourth-order valence-corrected chi connectivity index (χ4v) is 2.35. The molecule has 3 heterocycles. The third kappa shape index (κ3) is 2.72. The Morgan fingerprint density at radius 2 is 1.52 bits per heavy atom. The molecule has 0 spiro atoms. The lowest BCUT2D eigenvalue weighted by molar-refractivity contribution is 0.804. The number of hydrogen-bond donors (Lipinski definition) is 0. The van der Waals surface area contributed by atoms with E-state index in [9.17, 15) is 0 Å². The van der Waals surface area contributed by atoms with Crippen LogP contribution in [0.1, 0.15) is 0 Å². The molecule has 0 saturated carbocycles. The first-order valence-electron chi connectivity index (χ1n) is 7.26. The summed E-state index contributed by atoms with van der Waals surface area (Å²) in [6.45, 7) is 0. The molecule has 0 atom stereocenters. The summed E-state index contributed by atoms with van der Waals surface area (Å²) in [6, 6.07) is 19.6. The highest BCUT2D eigenvalue weighted by Crippen LogP contribution is 2.22. The Hall–Kier alpha value is -3.34. The molecule has 1 aromatic carbocycles. The summed E-state index contributed by atoms with van der Waals surface area (Å²) in [6.07, 6.45) is 5.43. The van der Waals surface area contributed by atoms with Gasteiger partial charge in [-0.1, -0.05) is 29.5 Å². The summed E-state index contributed by atoms with van der Waals surface area (Å²) in [5.41, 5.74) is 4.39. The van der Waals surface area contributed by atoms with E-state index in [1.54, 1.807) is 17.1 Å². The van der Waals surface area contributed by atoms with Crippen molar-refractivity contribution in [3.8, 4) is 28.3 Å². The number of para-hydroxylation sites is 1. The summed E-state index contributed by atoms with van der Waals surface area (Å²) in [4.78, 5) is 8.72. The number of benzene rings is 1. The summed E-state index contributed by atoms with van der Waals surface area (Å²) >= 11 is 0. The lowest BCUT2D eigenvalue weighted by Gasteiger charge is -2.01. The summed E-state index contributed by atoms with van der Waals surface area (Å²) in [5.74, 6) is 0. The fourth-order valence-electron chi connectivity index (χ4n) is 2.35. The third-order valence-corrected chi connectivity index (χ3v) is 3.50. The van der Waals surface area contributed by atoms with E-state index in [1.165, 1.54) is 0 Å². The molecule has 0 aliphatic heterocycles. The molecule has 0 aliphatic rings. The van der Waals surface area contributed by atoms with Gasteiger partial charge in [-0.25, -0.2) is 4.68 Å². The Morgan fingerprint density at radius 1 is 0.696 bits per heavy atom. The zero-order valence-electron chi connectivity index (χ0n) is 12.2. The second kappa shape index (κ2) is 5.81. The van der Waals surface area contributed by atoms with Crippen LogP contribution in [0.2, 0.25) is 0 Å². The van der Waals surface area contributed by atoms with Gasteiger partial charge in [0.25, 0.3) is 0 Å². The van der Waals surface area contributed by atoms with Crippen LogP contribution in [-0.4, -0.2) is 25.0 Å². The van der Waals surface area contributed by atoms with Crippen LogP contribution < -0.4 is 0 Å². The second-order valence-corrected chi connectivity index (χ2v) is 5.03. The van der Waals surface area contributed by atoms with Gasteiger partial charge in [0.1, 0.15) is 5.69 Å². The molecular formula is C18H13N5. The Bertz CT molecular complexity index is 916. The average molecular weight is 299 g/mol. The van der Waals surface area contributed by atoms with E-state index in [2.05, 4.69) is 20.3 Å². The number of nitrogens with zero attached hydrogens (tertiary/aromatic N) is 5. The van der Waals surface area contributed by atoms with Crippen molar-refractivity contribution in [3.05, 3.63) is 79.3 Å². The molecule has 0 N–H and O–H groups in total. The molecule has 0 saturated heterocycles. The van der Waals surface area contributed by atoms with Gasteiger partial charge >= 0.3 is 0 Å². The Labute approximate surface area is 133 Å². The first-order chi connectivity index (χ1) is 11.4. The van der Waals surface area contributed by atoms with Crippen LogP contribution in [0.4, 0.5) is 0 Å². The van der Waals surface area contributed by atoms with Crippen LogP contribution in [0.15, 0.2) is 79.3 Å². The predicted molar refractivity (Wildman–Crippen MR) is 87.8 cm³/mol. The standard InChI is InChI=1S/C18H13N5/c1-2-6-15(7-3-1)23-13-18(21-22-23)14-9-11-20-17(12-14)16-8-4-5-10-19-16/h1-13H. The van der Waals surface area contributed by atoms with Gasteiger partial charge in [0.2, 0.25) is 0 Å². The summed E-state index contributed by atoms with van der Waals surface area (Å²) in [5, 5.41) is 8.46. The van der Waals surface area contributed by atoms with Gasteiger partial charge in [0, 0.05) is 18.0 Å². The van der Waals surface area contributed by atoms with Crippen LogP contribution in [0.25, 0.3) is 28.3 Å². The van der Waals surface area contributed by atoms with Gasteiger partial charge in [-0.15, -0.1) is 5.10 Å². The predicted octanol–water partition coefficient (Wildman–Crippen LogP) is 3.39. The number of hydrogen-bond acceptors (Lipinski definition) is 4. The first kappa shape index (κ1) is 13.3. The van der Waals surface area contributed by atoms with Crippen molar-refractivity contribution in [2.45, 2.75) is 0 Å². The number of aromatic nitrogens is 5. The maximum absolute atomic E-state index is 4.38. The molecule has 23 heavy (non-hydrogen) atoms. The van der Waals surface area contributed by atoms with Crippen LogP contribution in [0, 0.1) is 0 Å². The lowest BCUT2D eigenvalue weighted by atomic mass is 10.1. The first-order valence-corrected chi connectivity index (χ1v) is 7.26.